The topological polar surface area (TPSA) is 21.3 Å². The average molecular weight is 272 g/mol. The van der Waals surface area contributed by atoms with Crippen LogP contribution in [-0.2, 0) is 11.3 Å². The summed E-state index contributed by atoms with van der Waals surface area (Å²) >= 11 is 3.52. The fourth-order valence-corrected chi connectivity index (χ4v) is 1.82. The molecule has 1 unspecified atom stereocenters. The number of hydrogen-bond acceptors (Lipinski definition) is 2. The first kappa shape index (κ1) is 12.7. The normalized spacial score (nSPS) is 12.7. The Morgan fingerprint density at radius 2 is 2.13 bits per heavy atom. The van der Waals surface area contributed by atoms with E-state index in [0.717, 1.165) is 24.2 Å². The van der Waals surface area contributed by atoms with Crippen LogP contribution < -0.4 is 5.32 Å². The molecule has 0 aliphatic rings. The van der Waals surface area contributed by atoms with E-state index in [1.54, 1.807) is 0 Å². The van der Waals surface area contributed by atoms with E-state index in [2.05, 4.69) is 40.3 Å². The second-order valence-electron chi connectivity index (χ2n) is 3.49. The van der Waals surface area contributed by atoms with Gasteiger partial charge in [0.05, 0.1) is 6.10 Å². The van der Waals surface area contributed by atoms with Gasteiger partial charge in [-0.1, -0.05) is 34.1 Å². The Morgan fingerprint density at radius 1 is 1.40 bits per heavy atom. The minimum Gasteiger partial charge on any atom is -0.377 e. The fraction of sp³-hybridized carbons (Fsp3) is 0.500. The van der Waals surface area contributed by atoms with Crippen molar-refractivity contribution >= 4 is 15.9 Å². The summed E-state index contributed by atoms with van der Waals surface area (Å²) in [4.78, 5) is 0. The molecule has 3 heteroatoms. The lowest BCUT2D eigenvalue weighted by atomic mass is 10.2. The Morgan fingerprint density at radius 3 is 2.80 bits per heavy atom. The van der Waals surface area contributed by atoms with Crippen molar-refractivity contribution in [3.63, 3.8) is 0 Å². The molecule has 0 spiro atoms. The molecule has 0 heterocycles. The van der Waals surface area contributed by atoms with E-state index in [9.17, 15) is 0 Å². The molecule has 0 saturated carbocycles. The maximum Gasteiger partial charge on any atom is 0.0671 e. The summed E-state index contributed by atoms with van der Waals surface area (Å²) < 4.78 is 6.59. The van der Waals surface area contributed by atoms with E-state index in [1.807, 2.05) is 19.1 Å². The smallest absolute Gasteiger partial charge is 0.0671 e. The van der Waals surface area contributed by atoms with Crippen LogP contribution in [0.3, 0.4) is 0 Å². The predicted octanol–water partition coefficient (Wildman–Crippen LogP) is 2.96. The van der Waals surface area contributed by atoms with Gasteiger partial charge in [0.25, 0.3) is 0 Å². The molecular formula is C12H18BrNO. The summed E-state index contributed by atoms with van der Waals surface area (Å²) in [7, 11) is 0. The van der Waals surface area contributed by atoms with Gasteiger partial charge in [-0.25, -0.2) is 0 Å². The van der Waals surface area contributed by atoms with Crippen molar-refractivity contribution in [3.8, 4) is 0 Å². The summed E-state index contributed by atoms with van der Waals surface area (Å²) in [5.41, 5.74) is 1.28. The molecule has 1 atom stereocenters. The molecule has 1 N–H and O–H groups in total. The number of ether oxygens (including phenoxy) is 1. The molecule has 1 aromatic carbocycles. The number of rotatable bonds is 6. The molecule has 0 aliphatic carbocycles. The van der Waals surface area contributed by atoms with Crippen LogP contribution in [0, 0.1) is 0 Å². The molecule has 1 aromatic rings. The molecule has 0 bridgehead atoms. The molecule has 0 fully saturated rings. The Labute approximate surface area is 100 Å². The first-order valence-electron chi connectivity index (χ1n) is 5.29. The first-order valence-corrected chi connectivity index (χ1v) is 6.09. The zero-order chi connectivity index (χ0) is 11.1. The van der Waals surface area contributed by atoms with Gasteiger partial charge in [-0.3, -0.25) is 0 Å². The highest BCUT2D eigenvalue weighted by Crippen LogP contribution is 2.15. The van der Waals surface area contributed by atoms with E-state index in [4.69, 9.17) is 4.74 Å². The van der Waals surface area contributed by atoms with Crippen molar-refractivity contribution in [1.29, 1.82) is 0 Å². The van der Waals surface area contributed by atoms with Crippen molar-refractivity contribution in [2.24, 2.45) is 0 Å². The Bertz CT molecular complexity index is 291. The summed E-state index contributed by atoms with van der Waals surface area (Å²) in [6, 6.07) is 8.25. The molecule has 2 nitrogen and oxygen atoms in total. The van der Waals surface area contributed by atoms with Crippen molar-refractivity contribution in [2.45, 2.75) is 26.5 Å². The van der Waals surface area contributed by atoms with Crippen LogP contribution in [0.4, 0.5) is 0 Å². The predicted molar refractivity (Wildman–Crippen MR) is 66.9 cm³/mol. The van der Waals surface area contributed by atoms with Gasteiger partial charge in [-0.15, -0.1) is 0 Å². The van der Waals surface area contributed by atoms with E-state index in [-0.39, 0.29) is 6.10 Å². The van der Waals surface area contributed by atoms with Crippen LogP contribution in [0.25, 0.3) is 0 Å². The monoisotopic (exact) mass is 271 g/mol. The highest BCUT2D eigenvalue weighted by molar-refractivity contribution is 9.10. The Hall–Kier alpha value is -0.380. The Balaban J connectivity index is 2.29. The van der Waals surface area contributed by atoms with Crippen LogP contribution in [0.5, 0.6) is 0 Å². The van der Waals surface area contributed by atoms with Crippen molar-refractivity contribution in [2.75, 3.05) is 13.2 Å². The van der Waals surface area contributed by atoms with Crippen LogP contribution >= 0.6 is 15.9 Å². The number of halogens is 1. The van der Waals surface area contributed by atoms with Crippen molar-refractivity contribution in [1.82, 2.24) is 5.32 Å². The first-order chi connectivity index (χ1) is 7.24. The van der Waals surface area contributed by atoms with Gasteiger partial charge in [0.1, 0.15) is 0 Å². The van der Waals surface area contributed by atoms with Crippen LogP contribution in [-0.4, -0.2) is 19.3 Å². The van der Waals surface area contributed by atoms with Crippen LogP contribution in [0.2, 0.25) is 0 Å². The van der Waals surface area contributed by atoms with E-state index >= 15 is 0 Å². The van der Waals surface area contributed by atoms with Gasteiger partial charge in [0.2, 0.25) is 0 Å². The molecule has 1 rings (SSSR count). The highest BCUT2D eigenvalue weighted by Gasteiger charge is 2.01. The molecule has 84 valence electrons. The van der Waals surface area contributed by atoms with Gasteiger partial charge < -0.3 is 10.1 Å². The zero-order valence-electron chi connectivity index (χ0n) is 9.29. The lowest BCUT2D eigenvalue weighted by Gasteiger charge is -2.13. The van der Waals surface area contributed by atoms with Gasteiger partial charge >= 0.3 is 0 Å². The minimum absolute atomic E-state index is 0.275. The lowest BCUT2D eigenvalue weighted by Crippen LogP contribution is -2.26. The number of hydrogen-bond donors (Lipinski definition) is 1. The van der Waals surface area contributed by atoms with E-state index in [0.29, 0.717) is 0 Å². The number of benzene rings is 1. The third kappa shape index (κ3) is 4.78. The highest BCUT2D eigenvalue weighted by atomic mass is 79.9. The molecule has 0 aliphatic heterocycles. The van der Waals surface area contributed by atoms with Crippen molar-refractivity contribution < 1.29 is 4.74 Å². The summed E-state index contributed by atoms with van der Waals surface area (Å²) in [6.45, 7) is 6.63. The van der Waals surface area contributed by atoms with Crippen molar-refractivity contribution in [3.05, 3.63) is 34.3 Å². The van der Waals surface area contributed by atoms with Crippen LogP contribution in [0.15, 0.2) is 28.7 Å². The van der Waals surface area contributed by atoms with Gasteiger partial charge in [-0.2, -0.15) is 0 Å². The van der Waals surface area contributed by atoms with Crippen LogP contribution in [0.1, 0.15) is 19.4 Å². The third-order valence-corrected chi connectivity index (χ3v) is 2.93. The van der Waals surface area contributed by atoms with Gasteiger partial charge in [0.15, 0.2) is 0 Å². The maximum absolute atomic E-state index is 5.44. The standard InChI is InChI=1S/C12H18BrNO/c1-3-15-10(2)8-14-9-11-6-4-5-7-12(11)13/h4-7,10,14H,3,8-9H2,1-2H3. The molecular weight excluding hydrogens is 254 g/mol. The molecule has 0 saturated heterocycles. The second-order valence-corrected chi connectivity index (χ2v) is 4.34. The van der Waals surface area contributed by atoms with E-state index in [1.165, 1.54) is 5.56 Å². The molecule has 0 radical (unpaired) electrons. The summed E-state index contributed by atoms with van der Waals surface area (Å²) in [5.74, 6) is 0. The van der Waals surface area contributed by atoms with E-state index < -0.39 is 0 Å². The lowest BCUT2D eigenvalue weighted by molar-refractivity contribution is 0.0759. The molecule has 15 heavy (non-hydrogen) atoms. The minimum atomic E-state index is 0.275. The average Bonchev–Trinajstić information content (AvgIpc) is 2.21. The SMILES string of the molecule is CCOC(C)CNCc1ccccc1Br. The quantitative estimate of drug-likeness (QED) is 0.859. The van der Waals surface area contributed by atoms with Gasteiger partial charge in [0, 0.05) is 24.2 Å². The zero-order valence-corrected chi connectivity index (χ0v) is 10.9. The Kier molecular flexibility index (Phi) is 5.91. The maximum atomic E-state index is 5.44. The molecule has 0 amide bonds. The van der Waals surface area contributed by atoms with Gasteiger partial charge in [-0.05, 0) is 25.5 Å². The second kappa shape index (κ2) is 6.99. The summed E-state index contributed by atoms with van der Waals surface area (Å²) in [6.07, 6.45) is 0.275. The largest absolute Gasteiger partial charge is 0.377 e. The number of nitrogens with one attached hydrogen (secondary N) is 1. The molecule has 0 aromatic heterocycles. The third-order valence-electron chi connectivity index (χ3n) is 2.16. The summed E-state index contributed by atoms with van der Waals surface area (Å²) in [5, 5.41) is 3.37. The fourth-order valence-electron chi connectivity index (χ4n) is 1.40.